The minimum Gasteiger partial charge on any atom is -0.453 e. The van der Waals surface area contributed by atoms with E-state index >= 15 is 0 Å². The third-order valence-electron chi connectivity index (χ3n) is 11.9. The van der Waals surface area contributed by atoms with E-state index in [1.807, 2.05) is 66.7 Å². The molecule has 0 unspecified atom stereocenters. The lowest BCUT2D eigenvalue weighted by Crippen LogP contribution is -2.01. The molecule has 5 heteroatoms. The molecule has 0 saturated carbocycles. The third-order valence-corrected chi connectivity index (χ3v) is 11.9. The zero-order valence-corrected chi connectivity index (χ0v) is 33.5. The normalized spacial score (nSPS) is 11.5. The molecule has 0 radical (unpaired) electrons. The molecule has 3 heterocycles. The average molecular weight is 793 g/mol. The standard InChI is InChI=1S/C57H36N4O/c1-6-17-37(18-7-1)42-29-33-49-47(35-42)48-36-43(38-19-8-2-9-20-38)30-34-50(48)61(49)51-28-16-27-44-45-31-32-46(52(54(45)62-53(44)51)39-21-10-3-11-22-39)57-59-55(40-23-12-4-13-24-40)58-56(60-57)41-25-14-5-15-26-41/h1-36H. The van der Waals surface area contributed by atoms with E-state index in [9.17, 15) is 0 Å². The summed E-state index contributed by atoms with van der Waals surface area (Å²) in [6.45, 7) is 0. The van der Waals surface area contributed by atoms with Crippen LogP contribution in [0.3, 0.4) is 0 Å². The summed E-state index contributed by atoms with van der Waals surface area (Å²) in [4.78, 5) is 15.3. The highest BCUT2D eigenvalue weighted by Crippen LogP contribution is 2.45. The Hall–Kier alpha value is -8.41. The molecule has 0 aliphatic rings. The fourth-order valence-electron chi connectivity index (χ4n) is 8.93. The first kappa shape index (κ1) is 35.5. The lowest BCUT2D eigenvalue weighted by atomic mass is 9.96. The van der Waals surface area contributed by atoms with Crippen molar-refractivity contribution in [3.05, 3.63) is 218 Å². The van der Waals surface area contributed by atoms with Gasteiger partial charge in [0.1, 0.15) is 5.58 Å². The highest BCUT2D eigenvalue weighted by molar-refractivity contribution is 6.16. The van der Waals surface area contributed by atoms with E-state index in [1.165, 1.54) is 33.0 Å². The maximum absolute atomic E-state index is 7.28. The molecule has 9 aromatic carbocycles. The molecule has 12 aromatic rings. The van der Waals surface area contributed by atoms with Crippen molar-refractivity contribution >= 4 is 43.7 Å². The molecule has 0 amide bonds. The summed E-state index contributed by atoms with van der Waals surface area (Å²) in [5, 5.41) is 4.41. The largest absolute Gasteiger partial charge is 0.453 e. The highest BCUT2D eigenvalue weighted by Gasteiger charge is 2.24. The van der Waals surface area contributed by atoms with Crippen molar-refractivity contribution in [1.29, 1.82) is 0 Å². The summed E-state index contributed by atoms with van der Waals surface area (Å²) >= 11 is 0. The lowest BCUT2D eigenvalue weighted by molar-refractivity contribution is 0.667. The first-order chi connectivity index (χ1) is 30.7. The predicted molar refractivity (Wildman–Crippen MR) is 254 cm³/mol. The van der Waals surface area contributed by atoms with Crippen molar-refractivity contribution in [1.82, 2.24) is 19.5 Å². The molecule has 62 heavy (non-hydrogen) atoms. The van der Waals surface area contributed by atoms with Crippen molar-refractivity contribution in [3.8, 4) is 73.2 Å². The van der Waals surface area contributed by atoms with Crippen LogP contribution in [0.4, 0.5) is 0 Å². The highest BCUT2D eigenvalue weighted by atomic mass is 16.3. The topological polar surface area (TPSA) is 56.7 Å². The van der Waals surface area contributed by atoms with Gasteiger partial charge in [0.2, 0.25) is 0 Å². The van der Waals surface area contributed by atoms with Crippen LogP contribution in [0.2, 0.25) is 0 Å². The summed E-state index contributed by atoms with van der Waals surface area (Å²) in [6.07, 6.45) is 0. The molecule has 12 rings (SSSR count). The SMILES string of the molecule is c1ccc(-c2ccc3c(c2)c2cc(-c4ccccc4)ccc2n3-c2cccc3c2oc2c(-c4ccccc4)c(-c4nc(-c5ccccc5)nc(-c5ccccc5)n4)ccc23)cc1. The predicted octanol–water partition coefficient (Wildman–Crippen LogP) is 14.9. The van der Waals surface area contributed by atoms with Gasteiger partial charge in [-0.15, -0.1) is 0 Å². The first-order valence-corrected chi connectivity index (χ1v) is 20.9. The minimum absolute atomic E-state index is 0.574. The van der Waals surface area contributed by atoms with Gasteiger partial charge in [0.05, 0.1) is 16.7 Å². The van der Waals surface area contributed by atoms with Crippen molar-refractivity contribution in [3.63, 3.8) is 0 Å². The average Bonchev–Trinajstić information content (AvgIpc) is 3.90. The Morgan fingerprint density at radius 2 is 0.758 bits per heavy atom. The van der Waals surface area contributed by atoms with E-state index in [2.05, 4.69) is 156 Å². The Morgan fingerprint density at radius 1 is 0.306 bits per heavy atom. The van der Waals surface area contributed by atoms with Gasteiger partial charge in [-0.05, 0) is 70.3 Å². The third kappa shape index (κ3) is 5.98. The van der Waals surface area contributed by atoms with E-state index in [-0.39, 0.29) is 0 Å². The lowest BCUT2D eigenvalue weighted by Gasteiger charge is -2.12. The van der Waals surface area contributed by atoms with Crippen LogP contribution in [0.15, 0.2) is 223 Å². The van der Waals surface area contributed by atoms with E-state index in [0.29, 0.717) is 17.5 Å². The van der Waals surface area contributed by atoms with Crippen molar-refractivity contribution < 1.29 is 4.42 Å². The molecule has 290 valence electrons. The molecule has 0 fully saturated rings. The molecule has 3 aromatic heterocycles. The summed E-state index contributed by atoms with van der Waals surface area (Å²) in [7, 11) is 0. The number of fused-ring (bicyclic) bond motifs is 6. The summed E-state index contributed by atoms with van der Waals surface area (Å²) in [6, 6.07) is 76.2. The van der Waals surface area contributed by atoms with Gasteiger partial charge in [-0.2, -0.15) is 0 Å². The zero-order valence-electron chi connectivity index (χ0n) is 33.5. The smallest absolute Gasteiger partial charge is 0.164 e. The van der Waals surface area contributed by atoms with Gasteiger partial charge < -0.3 is 8.98 Å². The monoisotopic (exact) mass is 792 g/mol. The number of hydrogen-bond donors (Lipinski definition) is 0. The molecule has 0 aliphatic carbocycles. The van der Waals surface area contributed by atoms with E-state index in [1.54, 1.807) is 0 Å². The Balaban J connectivity index is 1.12. The Bertz CT molecular complexity index is 3450. The van der Waals surface area contributed by atoms with Crippen LogP contribution in [0.5, 0.6) is 0 Å². The molecule has 5 nitrogen and oxygen atoms in total. The molecule has 0 bridgehead atoms. The van der Waals surface area contributed by atoms with E-state index in [0.717, 1.165) is 66.5 Å². The van der Waals surface area contributed by atoms with Crippen LogP contribution in [0, 0.1) is 0 Å². The van der Waals surface area contributed by atoms with Gasteiger partial charge in [-0.25, -0.2) is 15.0 Å². The quantitative estimate of drug-likeness (QED) is 0.161. The van der Waals surface area contributed by atoms with Crippen molar-refractivity contribution in [2.45, 2.75) is 0 Å². The summed E-state index contributed by atoms with van der Waals surface area (Å²) in [5.41, 5.74) is 14.1. The molecule has 0 N–H and O–H groups in total. The molecular weight excluding hydrogens is 757 g/mol. The number of aromatic nitrogens is 4. The van der Waals surface area contributed by atoms with Crippen LogP contribution in [-0.4, -0.2) is 19.5 Å². The Kier molecular flexibility index (Phi) is 8.42. The minimum atomic E-state index is 0.574. The fraction of sp³-hybridized carbons (Fsp3) is 0. The number of benzene rings is 9. The number of furan rings is 1. The molecule has 0 atom stereocenters. The van der Waals surface area contributed by atoms with Crippen LogP contribution < -0.4 is 0 Å². The summed E-state index contributed by atoms with van der Waals surface area (Å²) in [5.74, 6) is 1.79. The van der Waals surface area contributed by atoms with Gasteiger partial charge in [0, 0.05) is 43.8 Å². The van der Waals surface area contributed by atoms with Gasteiger partial charge in [0.15, 0.2) is 23.1 Å². The van der Waals surface area contributed by atoms with Crippen molar-refractivity contribution in [2.75, 3.05) is 0 Å². The number of nitrogens with zero attached hydrogens (tertiary/aromatic N) is 4. The van der Waals surface area contributed by atoms with Gasteiger partial charge in [-0.3, -0.25) is 0 Å². The van der Waals surface area contributed by atoms with Crippen LogP contribution in [0.25, 0.3) is 117 Å². The van der Waals surface area contributed by atoms with Crippen LogP contribution in [0.1, 0.15) is 0 Å². The molecule has 0 saturated heterocycles. The molecule has 0 aliphatic heterocycles. The second-order valence-corrected chi connectivity index (χ2v) is 15.6. The van der Waals surface area contributed by atoms with Crippen LogP contribution >= 0.6 is 0 Å². The number of hydrogen-bond acceptors (Lipinski definition) is 4. The van der Waals surface area contributed by atoms with E-state index in [4.69, 9.17) is 19.4 Å². The van der Waals surface area contributed by atoms with Gasteiger partial charge in [0.25, 0.3) is 0 Å². The van der Waals surface area contributed by atoms with Crippen molar-refractivity contribution in [2.24, 2.45) is 0 Å². The molecule has 0 spiro atoms. The first-order valence-electron chi connectivity index (χ1n) is 20.9. The van der Waals surface area contributed by atoms with Gasteiger partial charge >= 0.3 is 0 Å². The van der Waals surface area contributed by atoms with Crippen LogP contribution in [-0.2, 0) is 0 Å². The van der Waals surface area contributed by atoms with Gasteiger partial charge in [-0.1, -0.05) is 176 Å². The maximum atomic E-state index is 7.28. The summed E-state index contributed by atoms with van der Waals surface area (Å²) < 4.78 is 9.64. The Labute approximate surface area is 357 Å². The second kappa shape index (κ2) is 14.7. The maximum Gasteiger partial charge on any atom is 0.164 e. The Morgan fingerprint density at radius 3 is 1.27 bits per heavy atom. The van der Waals surface area contributed by atoms with E-state index < -0.39 is 0 Å². The zero-order chi connectivity index (χ0) is 41.0. The fourth-order valence-corrected chi connectivity index (χ4v) is 8.93. The second-order valence-electron chi connectivity index (χ2n) is 15.6. The number of rotatable bonds is 7. The molecular formula is C57H36N4O. The number of para-hydroxylation sites is 1.